The number of aromatic nitrogens is 4. The van der Waals surface area contributed by atoms with E-state index in [2.05, 4.69) is 40.8 Å². The quantitative estimate of drug-likeness (QED) is 0.383. The average Bonchev–Trinajstić information content (AvgIpc) is 3.23. The topological polar surface area (TPSA) is 154 Å². The van der Waals surface area contributed by atoms with Gasteiger partial charge in [-0.15, -0.1) is 0 Å². The SMILES string of the molecule is CCN1CCc2ncc(N3CCN(c4nc5c(c(N[C@@H](CO)C(C)C)n4)[S+]([O-])CC5)CC3)nc2CC1.O=C(O)C(F)(F)F. The Labute approximate surface area is 251 Å². The second-order valence-electron chi connectivity index (χ2n) is 11.0. The van der Waals surface area contributed by atoms with Gasteiger partial charge in [0.25, 0.3) is 0 Å². The molecule has 0 radical (unpaired) electrons. The Bertz CT molecular complexity index is 1260. The summed E-state index contributed by atoms with van der Waals surface area (Å²) in [6.45, 7) is 12.7. The number of nitrogens with zero attached hydrogens (tertiary/aromatic N) is 7. The highest BCUT2D eigenvalue weighted by Crippen LogP contribution is 2.33. The van der Waals surface area contributed by atoms with Gasteiger partial charge >= 0.3 is 12.1 Å². The molecule has 0 spiro atoms. The molecule has 12 nitrogen and oxygen atoms in total. The lowest BCUT2D eigenvalue weighted by Gasteiger charge is -2.35. The highest BCUT2D eigenvalue weighted by molar-refractivity contribution is 7.91. The molecule has 238 valence electrons. The molecular weight excluding hydrogens is 589 g/mol. The van der Waals surface area contributed by atoms with Crippen molar-refractivity contribution in [3.8, 4) is 0 Å². The third kappa shape index (κ3) is 8.16. The molecule has 5 rings (SSSR count). The van der Waals surface area contributed by atoms with E-state index < -0.39 is 23.3 Å². The molecule has 0 saturated carbocycles. The molecule has 3 aliphatic rings. The normalized spacial score (nSPS) is 19.7. The first-order valence-corrected chi connectivity index (χ1v) is 15.8. The molecule has 3 aliphatic heterocycles. The summed E-state index contributed by atoms with van der Waals surface area (Å²) in [7, 11) is 0. The molecule has 43 heavy (non-hydrogen) atoms. The number of piperazine rings is 1. The fourth-order valence-corrected chi connectivity index (χ4v) is 6.43. The van der Waals surface area contributed by atoms with Crippen LogP contribution in [-0.2, 0) is 35.2 Å². The Kier molecular flexibility index (Phi) is 10.9. The maximum Gasteiger partial charge on any atom is 0.490 e. The van der Waals surface area contributed by atoms with E-state index in [9.17, 15) is 22.8 Å². The van der Waals surface area contributed by atoms with Crippen molar-refractivity contribution < 1.29 is 32.7 Å². The summed E-state index contributed by atoms with van der Waals surface area (Å²) >= 11 is -1.10. The number of fused-ring (bicyclic) bond motifs is 2. The number of aliphatic hydroxyl groups excluding tert-OH is 1. The number of alkyl halides is 3. The van der Waals surface area contributed by atoms with Crippen LogP contribution in [0.4, 0.5) is 30.8 Å². The van der Waals surface area contributed by atoms with Crippen LogP contribution in [0.15, 0.2) is 11.1 Å². The zero-order valence-corrected chi connectivity index (χ0v) is 25.4. The van der Waals surface area contributed by atoms with Crippen molar-refractivity contribution in [3.05, 3.63) is 23.3 Å². The van der Waals surface area contributed by atoms with E-state index in [4.69, 9.17) is 29.8 Å². The van der Waals surface area contributed by atoms with Gasteiger partial charge in [0.2, 0.25) is 10.8 Å². The van der Waals surface area contributed by atoms with Gasteiger partial charge in [-0.05, 0) is 23.6 Å². The molecule has 1 unspecified atom stereocenters. The summed E-state index contributed by atoms with van der Waals surface area (Å²) in [5, 5.41) is 20.3. The van der Waals surface area contributed by atoms with Crippen LogP contribution in [0.2, 0.25) is 0 Å². The molecule has 1 fully saturated rings. The minimum absolute atomic E-state index is 0.00459. The number of halogens is 3. The van der Waals surface area contributed by atoms with Crippen molar-refractivity contribution in [2.75, 3.05) is 73.3 Å². The monoisotopic (exact) mass is 628 g/mol. The van der Waals surface area contributed by atoms with Crippen LogP contribution in [0.25, 0.3) is 0 Å². The van der Waals surface area contributed by atoms with Crippen molar-refractivity contribution in [2.45, 2.75) is 57.1 Å². The predicted octanol–water partition coefficient (Wildman–Crippen LogP) is 1.74. The largest absolute Gasteiger partial charge is 0.611 e. The van der Waals surface area contributed by atoms with E-state index in [-0.39, 0.29) is 18.6 Å². The Morgan fingerprint density at radius 3 is 2.23 bits per heavy atom. The van der Waals surface area contributed by atoms with E-state index in [0.717, 1.165) is 81.6 Å². The molecule has 0 aliphatic carbocycles. The zero-order chi connectivity index (χ0) is 31.3. The molecule has 3 N–H and O–H groups in total. The lowest BCUT2D eigenvalue weighted by Crippen LogP contribution is -2.47. The fraction of sp³-hybridized carbons (Fsp3) is 0.667. The summed E-state index contributed by atoms with van der Waals surface area (Å²) < 4.78 is 44.4. The number of carboxylic acid groups (broad SMARTS) is 1. The van der Waals surface area contributed by atoms with Gasteiger partial charge in [0.05, 0.1) is 30.2 Å². The van der Waals surface area contributed by atoms with E-state index in [0.29, 0.717) is 28.8 Å². The molecule has 5 heterocycles. The third-order valence-corrected chi connectivity index (χ3v) is 9.28. The fourth-order valence-electron chi connectivity index (χ4n) is 5.12. The molecule has 0 bridgehead atoms. The molecule has 0 aromatic carbocycles. The summed E-state index contributed by atoms with van der Waals surface area (Å²) in [5.74, 6) is 0.270. The third-order valence-electron chi connectivity index (χ3n) is 7.82. The van der Waals surface area contributed by atoms with Gasteiger partial charge in [0.1, 0.15) is 17.3 Å². The van der Waals surface area contributed by atoms with E-state index in [1.165, 1.54) is 0 Å². The first-order valence-electron chi connectivity index (χ1n) is 14.4. The highest BCUT2D eigenvalue weighted by Gasteiger charge is 2.38. The van der Waals surface area contributed by atoms with Crippen LogP contribution >= 0.6 is 0 Å². The number of aryl methyl sites for hydroxylation is 1. The molecule has 2 aromatic heterocycles. The lowest BCUT2D eigenvalue weighted by atomic mass is 10.1. The number of rotatable bonds is 7. The highest BCUT2D eigenvalue weighted by atomic mass is 32.2. The second kappa shape index (κ2) is 14.2. The number of aliphatic hydroxyl groups is 1. The lowest BCUT2D eigenvalue weighted by molar-refractivity contribution is -0.192. The predicted molar refractivity (Wildman–Crippen MR) is 156 cm³/mol. The number of nitrogens with one attached hydrogen (secondary N) is 1. The molecular formula is C27H39F3N8O4S. The van der Waals surface area contributed by atoms with Crippen molar-refractivity contribution in [1.82, 2.24) is 24.8 Å². The first-order chi connectivity index (χ1) is 20.4. The van der Waals surface area contributed by atoms with Gasteiger partial charge in [-0.2, -0.15) is 18.2 Å². The van der Waals surface area contributed by atoms with Crippen molar-refractivity contribution in [2.24, 2.45) is 5.92 Å². The summed E-state index contributed by atoms with van der Waals surface area (Å²) in [4.78, 5) is 36.0. The maximum atomic E-state index is 12.7. The van der Waals surface area contributed by atoms with E-state index in [1.807, 2.05) is 6.20 Å². The minimum atomic E-state index is -5.08. The average molecular weight is 629 g/mol. The van der Waals surface area contributed by atoms with Crippen LogP contribution < -0.4 is 15.1 Å². The standard InChI is InChI=1S/C25H38N8O2S.C2HF3O2/c1-4-31-8-5-18-19(6-9-31)27-22(15-26-18)32-10-12-33(13-11-32)25-29-20-7-14-36(35)23(20)24(30-25)28-21(16-34)17(2)3;3-2(4,5)1(6)7/h15,17,21,34H,4-14,16H2,1-3H3,(H,28,29,30);(H,6,7)/t21-,36?;/m0./s1. The van der Waals surface area contributed by atoms with Gasteiger partial charge in [0.15, 0.2) is 5.82 Å². The molecule has 2 aromatic rings. The number of carbonyl (C=O) groups is 1. The Morgan fingerprint density at radius 1 is 1.02 bits per heavy atom. The summed E-state index contributed by atoms with van der Waals surface area (Å²) in [6.07, 6.45) is -0.539. The van der Waals surface area contributed by atoms with Gasteiger partial charge in [0, 0.05) is 58.5 Å². The van der Waals surface area contributed by atoms with Gasteiger partial charge in [-0.3, -0.25) is 4.98 Å². The number of hydrogen-bond donors (Lipinski definition) is 3. The zero-order valence-electron chi connectivity index (χ0n) is 24.6. The Hall–Kier alpha value is -2.95. The number of anilines is 3. The molecule has 2 atom stereocenters. The van der Waals surface area contributed by atoms with Gasteiger partial charge < -0.3 is 34.8 Å². The smallest absolute Gasteiger partial charge is 0.490 e. The minimum Gasteiger partial charge on any atom is -0.611 e. The van der Waals surface area contributed by atoms with Crippen molar-refractivity contribution in [1.29, 1.82) is 0 Å². The Balaban J connectivity index is 0.000000541. The summed E-state index contributed by atoms with van der Waals surface area (Å²) in [5.41, 5.74) is 3.14. The Morgan fingerprint density at radius 2 is 1.65 bits per heavy atom. The maximum absolute atomic E-state index is 12.7. The summed E-state index contributed by atoms with van der Waals surface area (Å²) in [6, 6.07) is -0.150. The van der Waals surface area contributed by atoms with Crippen LogP contribution in [0, 0.1) is 5.92 Å². The van der Waals surface area contributed by atoms with E-state index in [1.54, 1.807) is 0 Å². The molecule has 0 amide bonds. The number of likely N-dealkylation sites (N-methyl/N-ethyl adjacent to an activating group) is 1. The van der Waals surface area contributed by atoms with Gasteiger partial charge in [-0.25, -0.2) is 14.8 Å². The number of hydrogen-bond acceptors (Lipinski definition) is 11. The first kappa shape index (κ1) is 33.0. The van der Waals surface area contributed by atoms with Crippen molar-refractivity contribution in [3.63, 3.8) is 0 Å². The number of carboxylic acids is 1. The van der Waals surface area contributed by atoms with Crippen LogP contribution in [0.3, 0.4) is 0 Å². The van der Waals surface area contributed by atoms with Crippen LogP contribution in [-0.4, -0.2) is 116 Å². The van der Waals surface area contributed by atoms with Crippen LogP contribution in [0.1, 0.15) is 37.9 Å². The second-order valence-corrected chi connectivity index (χ2v) is 12.5. The van der Waals surface area contributed by atoms with Crippen molar-refractivity contribution >= 4 is 34.7 Å². The van der Waals surface area contributed by atoms with Crippen LogP contribution in [0.5, 0.6) is 0 Å². The molecule has 1 saturated heterocycles. The number of aliphatic carboxylic acids is 1. The van der Waals surface area contributed by atoms with E-state index >= 15 is 0 Å². The molecule has 16 heteroatoms. The van der Waals surface area contributed by atoms with Gasteiger partial charge in [-0.1, -0.05) is 20.8 Å².